The zero-order chi connectivity index (χ0) is 15.2. The van der Waals surface area contributed by atoms with Crippen LogP contribution in [0.1, 0.15) is 22.8 Å². The second-order valence-electron chi connectivity index (χ2n) is 5.04. The molecule has 2 aromatic rings. The second-order valence-corrected chi connectivity index (χ2v) is 5.04. The number of benzene rings is 2. The Labute approximate surface area is 125 Å². The molecule has 0 aromatic heterocycles. The van der Waals surface area contributed by atoms with Crippen LogP contribution in [0.3, 0.4) is 0 Å². The van der Waals surface area contributed by atoms with E-state index in [4.69, 9.17) is 4.74 Å². The van der Waals surface area contributed by atoms with E-state index in [0.29, 0.717) is 17.9 Å². The summed E-state index contributed by atoms with van der Waals surface area (Å²) in [6.07, 6.45) is 0. The molecule has 2 rings (SSSR count). The first-order valence-electron chi connectivity index (χ1n) is 6.80. The number of rotatable bonds is 5. The molecule has 2 aromatic carbocycles. The molecule has 21 heavy (non-hydrogen) atoms. The minimum absolute atomic E-state index is 0.148. The first kappa shape index (κ1) is 14.9. The third-order valence-electron chi connectivity index (χ3n) is 2.97. The van der Waals surface area contributed by atoms with E-state index in [2.05, 4.69) is 11.9 Å². The maximum absolute atomic E-state index is 12.3. The normalized spacial score (nSPS) is 10.0. The van der Waals surface area contributed by atoms with Gasteiger partial charge in [-0.15, -0.1) is 0 Å². The van der Waals surface area contributed by atoms with Gasteiger partial charge < -0.3 is 10.1 Å². The highest BCUT2D eigenvalue weighted by Crippen LogP contribution is 2.18. The van der Waals surface area contributed by atoms with E-state index in [1.54, 1.807) is 18.2 Å². The van der Waals surface area contributed by atoms with Gasteiger partial charge in [0.15, 0.2) is 0 Å². The van der Waals surface area contributed by atoms with Gasteiger partial charge in [0.2, 0.25) is 0 Å². The van der Waals surface area contributed by atoms with Crippen LogP contribution in [0.25, 0.3) is 0 Å². The van der Waals surface area contributed by atoms with Crippen LogP contribution in [0.5, 0.6) is 5.75 Å². The van der Waals surface area contributed by atoms with Crippen LogP contribution < -0.4 is 10.1 Å². The van der Waals surface area contributed by atoms with Crippen LogP contribution in [-0.2, 0) is 0 Å². The molecule has 0 saturated heterocycles. The largest absolute Gasteiger partial charge is 0.489 e. The summed E-state index contributed by atoms with van der Waals surface area (Å²) in [5.74, 6) is 0.514. The Morgan fingerprint density at radius 1 is 1.19 bits per heavy atom. The molecule has 1 N–H and O–H groups in total. The van der Waals surface area contributed by atoms with E-state index < -0.39 is 0 Å². The van der Waals surface area contributed by atoms with Crippen molar-refractivity contribution in [1.29, 1.82) is 0 Å². The van der Waals surface area contributed by atoms with Crippen LogP contribution in [-0.4, -0.2) is 12.5 Å². The third kappa shape index (κ3) is 4.21. The molecule has 3 heteroatoms. The number of amides is 1. The van der Waals surface area contributed by atoms with E-state index in [-0.39, 0.29) is 5.91 Å². The number of hydrogen-bond donors (Lipinski definition) is 1. The summed E-state index contributed by atoms with van der Waals surface area (Å²) in [7, 11) is 0. The lowest BCUT2D eigenvalue weighted by atomic mass is 10.1. The average Bonchev–Trinajstić information content (AvgIpc) is 2.48. The van der Waals surface area contributed by atoms with Gasteiger partial charge in [-0.2, -0.15) is 0 Å². The molecule has 0 radical (unpaired) electrons. The monoisotopic (exact) mass is 281 g/mol. The lowest BCUT2D eigenvalue weighted by molar-refractivity contribution is 0.102. The number of nitrogens with one attached hydrogen (secondary N) is 1. The number of para-hydroxylation sites is 1. The van der Waals surface area contributed by atoms with Crippen LogP contribution in [0.2, 0.25) is 0 Å². The highest BCUT2D eigenvalue weighted by atomic mass is 16.5. The predicted molar refractivity (Wildman–Crippen MR) is 85.9 cm³/mol. The molecular formula is C18H19NO2. The molecule has 0 aliphatic carbocycles. The van der Waals surface area contributed by atoms with E-state index in [9.17, 15) is 4.79 Å². The van der Waals surface area contributed by atoms with Crippen molar-refractivity contribution in [3.8, 4) is 5.75 Å². The zero-order valence-electron chi connectivity index (χ0n) is 12.3. The molecule has 0 saturated carbocycles. The summed E-state index contributed by atoms with van der Waals surface area (Å²) in [4.78, 5) is 12.3. The molecule has 0 heterocycles. The van der Waals surface area contributed by atoms with Gasteiger partial charge >= 0.3 is 0 Å². The van der Waals surface area contributed by atoms with Crippen molar-refractivity contribution in [1.82, 2.24) is 0 Å². The number of carbonyl (C=O) groups is 1. The van der Waals surface area contributed by atoms with Gasteiger partial charge in [0, 0.05) is 11.3 Å². The summed E-state index contributed by atoms with van der Waals surface area (Å²) in [5.41, 5.74) is 3.35. The van der Waals surface area contributed by atoms with Crippen molar-refractivity contribution < 1.29 is 9.53 Å². The fourth-order valence-electron chi connectivity index (χ4n) is 1.84. The molecule has 0 spiro atoms. The fraction of sp³-hybridized carbons (Fsp3) is 0.167. The summed E-state index contributed by atoms with van der Waals surface area (Å²) < 4.78 is 5.55. The first-order valence-corrected chi connectivity index (χ1v) is 6.80. The SMILES string of the molecule is C=C(C)COc1cccc(C(=O)Nc2ccccc2C)c1. The van der Waals surface area contributed by atoms with Gasteiger partial charge in [0.05, 0.1) is 0 Å². The zero-order valence-corrected chi connectivity index (χ0v) is 12.3. The summed E-state index contributed by atoms with van der Waals surface area (Å²) in [6, 6.07) is 14.8. The summed E-state index contributed by atoms with van der Waals surface area (Å²) in [5, 5.41) is 2.91. The van der Waals surface area contributed by atoms with Gasteiger partial charge in [-0.3, -0.25) is 4.79 Å². The van der Waals surface area contributed by atoms with Gasteiger partial charge in [-0.1, -0.05) is 30.8 Å². The van der Waals surface area contributed by atoms with Gasteiger partial charge in [-0.05, 0) is 49.2 Å². The maximum atomic E-state index is 12.3. The number of aryl methyl sites for hydroxylation is 1. The van der Waals surface area contributed by atoms with Crippen LogP contribution >= 0.6 is 0 Å². The first-order chi connectivity index (χ1) is 10.1. The van der Waals surface area contributed by atoms with Crippen LogP contribution in [0.4, 0.5) is 5.69 Å². The van der Waals surface area contributed by atoms with Gasteiger partial charge in [0.25, 0.3) is 5.91 Å². The minimum atomic E-state index is -0.148. The fourth-order valence-corrected chi connectivity index (χ4v) is 1.84. The molecule has 0 bridgehead atoms. The van der Waals surface area contributed by atoms with Crippen molar-refractivity contribution in [2.75, 3.05) is 11.9 Å². The third-order valence-corrected chi connectivity index (χ3v) is 2.97. The number of anilines is 1. The quantitative estimate of drug-likeness (QED) is 0.834. The molecule has 0 aliphatic heterocycles. The molecule has 0 aliphatic rings. The Morgan fingerprint density at radius 2 is 1.95 bits per heavy atom. The molecule has 0 fully saturated rings. The van der Waals surface area contributed by atoms with Crippen LogP contribution in [0.15, 0.2) is 60.7 Å². The molecule has 0 unspecified atom stereocenters. The molecule has 108 valence electrons. The van der Waals surface area contributed by atoms with E-state index in [1.165, 1.54) is 0 Å². The Morgan fingerprint density at radius 3 is 2.67 bits per heavy atom. The number of ether oxygens (including phenoxy) is 1. The van der Waals surface area contributed by atoms with Crippen molar-refractivity contribution >= 4 is 11.6 Å². The Balaban J connectivity index is 2.11. The minimum Gasteiger partial charge on any atom is -0.489 e. The van der Waals surface area contributed by atoms with E-state index in [1.807, 2.05) is 44.2 Å². The highest BCUT2D eigenvalue weighted by Gasteiger charge is 2.08. The molecular weight excluding hydrogens is 262 g/mol. The van der Waals surface area contributed by atoms with Crippen molar-refractivity contribution in [3.63, 3.8) is 0 Å². The van der Waals surface area contributed by atoms with Crippen molar-refractivity contribution in [2.24, 2.45) is 0 Å². The lowest BCUT2D eigenvalue weighted by Crippen LogP contribution is -2.12. The topological polar surface area (TPSA) is 38.3 Å². The average molecular weight is 281 g/mol. The van der Waals surface area contributed by atoms with Gasteiger partial charge in [-0.25, -0.2) is 0 Å². The summed E-state index contributed by atoms with van der Waals surface area (Å²) in [6.45, 7) is 8.09. The Bertz CT molecular complexity index is 662. The molecule has 3 nitrogen and oxygen atoms in total. The Hall–Kier alpha value is -2.55. The predicted octanol–water partition coefficient (Wildman–Crippen LogP) is 4.20. The lowest BCUT2D eigenvalue weighted by Gasteiger charge is -2.10. The standard InChI is InChI=1S/C18H19NO2/c1-13(2)12-21-16-9-6-8-15(11-16)18(20)19-17-10-5-4-7-14(17)3/h4-11H,1,12H2,2-3H3,(H,19,20). The Kier molecular flexibility index (Phi) is 4.77. The molecule has 1 amide bonds. The second kappa shape index (κ2) is 6.75. The maximum Gasteiger partial charge on any atom is 0.255 e. The van der Waals surface area contributed by atoms with Gasteiger partial charge in [0.1, 0.15) is 12.4 Å². The molecule has 0 atom stereocenters. The van der Waals surface area contributed by atoms with Crippen LogP contribution in [0, 0.1) is 6.92 Å². The van der Waals surface area contributed by atoms with E-state index in [0.717, 1.165) is 16.8 Å². The number of carbonyl (C=O) groups excluding carboxylic acids is 1. The summed E-state index contributed by atoms with van der Waals surface area (Å²) >= 11 is 0. The van der Waals surface area contributed by atoms with E-state index >= 15 is 0 Å². The highest BCUT2D eigenvalue weighted by molar-refractivity contribution is 6.04. The van der Waals surface area contributed by atoms with Crippen molar-refractivity contribution in [2.45, 2.75) is 13.8 Å². The number of hydrogen-bond acceptors (Lipinski definition) is 2. The van der Waals surface area contributed by atoms with Crippen molar-refractivity contribution in [3.05, 3.63) is 71.8 Å². The smallest absolute Gasteiger partial charge is 0.255 e.